The fourth-order valence-corrected chi connectivity index (χ4v) is 3.16. The van der Waals surface area contributed by atoms with E-state index in [1.54, 1.807) is 48.1 Å². The van der Waals surface area contributed by atoms with Crippen LogP contribution in [-0.4, -0.2) is 35.2 Å². The van der Waals surface area contributed by atoms with Crippen molar-refractivity contribution in [3.8, 4) is 11.6 Å². The second-order valence-electron chi connectivity index (χ2n) is 7.33. The van der Waals surface area contributed by atoms with E-state index in [0.717, 1.165) is 6.54 Å². The Morgan fingerprint density at radius 2 is 1.74 bits per heavy atom. The van der Waals surface area contributed by atoms with Crippen LogP contribution in [0.15, 0.2) is 69.9 Å². The van der Waals surface area contributed by atoms with E-state index in [1.165, 1.54) is 4.57 Å². The summed E-state index contributed by atoms with van der Waals surface area (Å²) in [6.07, 6.45) is 4.30. The van der Waals surface area contributed by atoms with Crippen molar-refractivity contribution in [3.63, 3.8) is 0 Å². The number of hydrogen-bond donors (Lipinski definition) is 2. The van der Waals surface area contributed by atoms with Gasteiger partial charge in [0.1, 0.15) is 0 Å². The van der Waals surface area contributed by atoms with Crippen LogP contribution in [0.1, 0.15) is 12.0 Å². The number of benzene rings is 1. The zero-order valence-corrected chi connectivity index (χ0v) is 18.6. The topological polar surface area (TPSA) is 100 Å². The Kier molecular flexibility index (Phi) is 8.30. The largest absolute Gasteiger partial charge is 1.00 e. The van der Waals surface area contributed by atoms with Crippen LogP contribution in [0.5, 0.6) is 5.88 Å². The van der Waals surface area contributed by atoms with Crippen LogP contribution in [-0.2, 0) is 6.54 Å². The van der Waals surface area contributed by atoms with Crippen molar-refractivity contribution < 1.29 is 22.1 Å². The molecule has 0 saturated heterocycles. The van der Waals surface area contributed by atoms with E-state index in [1.807, 2.05) is 37.2 Å². The van der Waals surface area contributed by atoms with E-state index in [2.05, 4.69) is 10.2 Å². The number of nitrogen functional groups attached to an aromatic ring is 1. The first kappa shape index (κ1) is 24.0. The maximum Gasteiger partial charge on any atom is 0.326 e. The predicted molar refractivity (Wildman–Crippen MR) is 117 cm³/mol. The van der Waals surface area contributed by atoms with Gasteiger partial charge in [0.25, 0.3) is 5.69 Å². The molecule has 3 aromatic rings. The summed E-state index contributed by atoms with van der Waals surface area (Å²) in [6, 6.07) is 12.5. The summed E-state index contributed by atoms with van der Waals surface area (Å²) >= 11 is 0. The highest BCUT2D eigenvalue weighted by atomic mass is 35.5. The zero-order chi connectivity index (χ0) is 21.7. The van der Waals surface area contributed by atoms with Crippen molar-refractivity contribution in [2.75, 3.05) is 26.4 Å². The predicted octanol–water partition coefficient (Wildman–Crippen LogP) is 0.0923. The first-order valence-corrected chi connectivity index (χ1v) is 9.73. The molecule has 9 heteroatoms. The number of anilines is 1. The minimum Gasteiger partial charge on any atom is -1.00 e. The minimum absolute atomic E-state index is 0. The Morgan fingerprint density at radius 3 is 2.35 bits per heavy atom. The quantitative estimate of drug-likeness (QED) is 0.308. The molecule has 0 unspecified atom stereocenters. The van der Waals surface area contributed by atoms with E-state index in [4.69, 9.17) is 5.73 Å². The highest BCUT2D eigenvalue weighted by Gasteiger charge is 2.25. The second kappa shape index (κ2) is 10.7. The molecule has 2 aromatic heterocycles. The van der Waals surface area contributed by atoms with Crippen LogP contribution < -0.4 is 28.3 Å². The third-order valence-electron chi connectivity index (χ3n) is 4.74. The molecule has 164 valence electrons. The number of nitrogens with zero attached hydrogens (tertiary/aromatic N) is 5. The molecule has 0 amide bonds. The Hall–Kier alpha value is -3.23. The average molecular weight is 443 g/mol. The van der Waals surface area contributed by atoms with Gasteiger partial charge in [-0.15, -0.1) is 5.11 Å². The van der Waals surface area contributed by atoms with Crippen molar-refractivity contribution in [3.05, 3.63) is 70.8 Å². The van der Waals surface area contributed by atoms with Gasteiger partial charge in [-0.2, -0.15) is 9.68 Å². The van der Waals surface area contributed by atoms with Gasteiger partial charge in [0.05, 0.1) is 11.3 Å². The van der Waals surface area contributed by atoms with Gasteiger partial charge in [-0.1, -0.05) is 6.07 Å². The Labute approximate surface area is 187 Å². The monoisotopic (exact) mass is 442 g/mol. The van der Waals surface area contributed by atoms with Gasteiger partial charge in [0.2, 0.25) is 5.88 Å². The van der Waals surface area contributed by atoms with Crippen molar-refractivity contribution in [2.24, 2.45) is 10.2 Å². The molecule has 0 aliphatic carbocycles. The summed E-state index contributed by atoms with van der Waals surface area (Å²) in [6.45, 7) is 2.92. The number of pyridine rings is 2. The van der Waals surface area contributed by atoms with E-state index in [9.17, 15) is 9.90 Å². The minimum atomic E-state index is -0.272. The van der Waals surface area contributed by atoms with E-state index in [0.29, 0.717) is 35.6 Å². The number of hydrogen-bond acceptors (Lipinski definition) is 6. The maximum atomic E-state index is 13.2. The molecule has 31 heavy (non-hydrogen) atoms. The number of azo groups is 1. The zero-order valence-electron chi connectivity index (χ0n) is 17.9. The van der Waals surface area contributed by atoms with Crippen molar-refractivity contribution in [2.45, 2.75) is 19.9 Å². The Bertz CT molecular complexity index is 1100. The Morgan fingerprint density at radius 1 is 1.10 bits per heavy atom. The molecule has 0 atom stereocenters. The SMILES string of the molecule is Cc1c(N=Nc2ccc(N)cc2)c(O)n(CCCN(C)C)c(=O)c1-[n+]1ccccc1.[Cl-]. The van der Waals surface area contributed by atoms with E-state index < -0.39 is 0 Å². The smallest absolute Gasteiger partial charge is 0.326 e. The standard InChI is InChI=1S/C22H26N6O2.ClH/c1-16-19(25-24-18-10-8-17(23)9-11-18)21(29)28(15-7-12-26(2)3)22(30)20(16)27-13-5-4-6-14-27;/h4-6,8-11,13-14H,7,12,15H2,1-3H3,(H2-,23,24,25,29,30);1H. The first-order chi connectivity index (χ1) is 14.4. The van der Waals surface area contributed by atoms with Gasteiger partial charge >= 0.3 is 5.56 Å². The molecule has 0 fully saturated rings. The van der Waals surface area contributed by atoms with E-state index >= 15 is 0 Å². The second-order valence-corrected chi connectivity index (χ2v) is 7.33. The fourth-order valence-electron chi connectivity index (χ4n) is 3.16. The molecule has 3 rings (SSSR count). The maximum absolute atomic E-state index is 13.2. The number of aromatic nitrogens is 2. The van der Waals surface area contributed by atoms with Gasteiger partial charge in [-0.05, 0) is 58.3 Å². The summed E-state index contributed by atoms with van der Waals surface area (Å²) in [4.78, 5) is 15.3. The molecule has 0 bridgehead atoms. The molecule has 0 spiro atoms. The lowest BCUT2D eigenvalue weighted by Gasteiger charge is -2.14. The third kappa shape index (κ3) is 5.68. The van der Waals surface area contributed by atoms with Crippen LogP contribution in [0.2, 0.25) is 0 Å². The fraction of sp³-hybridized carbons (Fsp3) is 0.273. The van der Waals surface area contributed by atoms with Crippen LogP contribution in [0.4, 0.5) is 17.1 Å². The lowest BCUT2D eigenvalue weighted by Crippen LogP contribution is -3.00. The Balaban J connectivity index is 0.00000341. The molecular weight excluding hydrogens is 416 g/mol. The summed E-state index contributed by atoms with van der Waals surface area (Å²) in [5, 5.41) is 19.4. The van der Waals surface area contributed by atoms with Gasteiger partial charge in [0, 0.05) is 24.4 Å². The molecule has 0 saturated carbocycles. The van der Waals surface area contributed by atoms with Gasteiger partial charge in [0.15, 0.2) is 18.1 Å². The number of aromatic hydroxyl groups is 1. The summed E-state index contributed by atoms with van der Waals surface area (Å²) in [5.41, 5.74) is 7.93. The normalized spacial score (nSPS) is 11.1. The van der Waals surface area contributed by atoms with Gasteiger partial charge < -0.3 is 28.1 Å². The molecule has 1 aromatic carbocycles. The van der Waals surface area contributed by atoms with Crippen molar-refractivity contribution in [1.82, 2.24) is 9.47 Å². The molecule has 0 aliphatic heterocycles. The van der Waals surface area contributed by atoms with Crippen LogP contribution >= 0.6 is 0 Å². The molecule has 0 aliphatic rings. The highest BCUT2D eigenvalue weighted by Crippen LogP contribution is 2.32. The van der Waals surface area contributed by atoms with Gasteiger partial charge in [-0.3, -0.25) is 9.36 Å². The summed E-state index contributed by atoms with van der Waals surface area (Å²) in [7, 11) is 3.94. The molecular formula is C22H27ClN6O2. The van der Waals surface area contributed by atoms with Gasteiger partial charge in [-0.25, -0.2) is 0 Å². The molecule has 0 radical (unpaired) electrons. The van der Waals surface area contributed by atoms with E-state index in [-0.39, 0.29) is 29.5 Å². The first-order valence-electron chi connectivity index (χ1n) is 9.73. The van der Waals surface area contributed by atoms with Crippen molar-refractivity contribution >= 4 is 17.1 Å². The number of nitrogens with two attached hydrogens (primary N) is 1. The van der Waals surface area contributed by atoms with Crippen LogP contribution in [0.25, 0.3) is 5.69 Å². The van der Waals surface area contributed by atoms with Crippen LogP contribution in [0, 0.1) is 6.92 Å². The number of halogens is 1. The summed E-state index contributed by atoms with van der Waals surface area (Å²) in [5.74, 6) is -0.185. The molecule has 8 nitrogen and oxygen atoms in total. The third-order valence-corrected chi connectivity index (χ3v) is 4.74. The highest BCUT2D eigenvalue weighted by molar-refractivity contribution is 5.59. The average Bonchev–Trinajstić information content (AvgIpc) is 2.72. The number of rotatable bonds is 7. The lowest BCUT2D eigenvalue weighted by molar-refractivity contribution is -0.597. The molecule has 2 heterocycles. The molecule has 3 N–H and O–H groups in total. The van der Waals surface area contributed by atoms with Crippen molar-refractivity contribution in [1.29, 1.82) is 0 Å². The lowest BCUT2D eigenvalue weighted by atomic mass is 10.2. The summed E-state index contributed by atoms with van der Waals surface area (Å²) < 4.78 is 3.10. The van der Waals surface area contributed by atoms with Crippen LogP contribution in [0.3, 0.4) is 0 Å².